The molecule has 3 atom stereocenters. The molecule has 11 heteroatoms. The van der Waals surface area contributed by atoms with Gasteiger partial charge in [-0.3, -0.25) is 4.79 Å². The largest absolute Gasteiger partial charge is 0.410 e. The summed E-state index contributed by atoms with van der Waals surface area (Å²) in [6.07, 6.45) is -2.24. The standard InChI is InChI=1S/C27H27BrF3N5OS/c1-26(2,3)15-6-9-17-18(13-32)25(38-21(17)10-15)34-24(37)20-12-23-33-19(14-4-7-16(28)8-5-14)11-22(27(29,30)31)36(23)35-20/h4-5,7-8,12,15,19,22,33H,6,9-11H2,1-3H3,(H,34,37)/t15-,19+,22-/m0/s1. The maximum Gasteiger partial charge on any atom is 0.410 e. The van der Waals surface area contributed by atoms with Crippen LogP contribution in [0.3, 0.4) is 0 Å². The molecule has 0 bridgehead atoms. The molecular weight excluding hydrogens is 579 g/mol. The molecule has 6 nitrogen and oxygen atoms in total. The van der Waals surface area contributed by atoms with Gasteiger partial charge < -0.3 is 10.6 Å². The lowest BCUT2D eigenvalue weighted by Gasteiger charge is -2.33. The van der Waals surface area contributed by atoms with Crippen LogP contribution in [0, 0.1) is 22.7 Å². The number of hydrogen-bond acceptors (Lipinski definition) is 5. The van der Waals surface area contributed by atoms with Gasteiger partial charge in [0.25, 0.3) is 5.91 Å². The minimum atomic E-state index is -4.55. The van der Waals surface area contributed by atoms with Gasteiger partial charge in [0.1, 0.15) is 16.9 Å². The zero-order valence-electron chi connectivity index (χ0n) is 21.1. The average Bonchev–Trinajstić information content (AvgIpc) is 3.43. The summed E-state index contributed by atoms with van der Waals surface area (Å²) in [5.74, 6) is -0.0550. The van der Waals surface area contributed by atoms with Gasteiger partial charge in [-0.25, -0.2) is 4.68 Å². The third kappa shape index (κ3) is 5.08. The number of benzene rings is 1. The fourth-order valence-corrected chi connectivity index (χ4v) is 6.83. The minimum absolute atomic E-state index is 0.121. The Hall–Kier alpha value is -2.84. The summed E-state index contributed by atoms with van der Waals surface area (Å²) in [4.78, 5) is 14.3. The Balaban J connectivity index is 1.42. The summed E-state index contributed by atoms with van der Waals surface area (Å²) in [6, 6.07) is 8.17. The number of carbonyl (C=O) groups is 1. The molecule has 2 aromatic heterocycles. The van der Waals surface area contributed by atoms with Gasteiger partial charge in [-0.05, 0) is 53.9 Å². The molecule has 0 spiro atoms. The molecule has 3 heterocycles. The van der Waals surface area contributed by atoms with Crippen molar-refractivity contribution in [1.82, 2.24) is 9.78 Å². The highest BCUT2D eigenvalue weighted by Crippen LogP contribution is 2.45. The fourth-order valence-electron chi connectivity index (χ4n) is 5.30. The lowest BCUT2D eigenvalue weighted by molar-refractivity contribution is -0.173. The van der Waals surface area contributed by atoms with Gasteiger partial charge in [0, 0.05) is 21.8 Å². The highest BCUT2D eigenvalue weighted by molar-refractivity contribution is 9.10. The summed E-state index contributed by atoms with van der Waals surface area (Å²) in [5, 5.41) is 20.2. The molecule has 0 fully saturated rings. The van der Waals surface area contributed by atoms with Crippen molar-refractivity contribution in [3.05, 3.63) is 62.1 Å². The lowest BCUT2D eigenvalue weighted by Crippen LogP contribution is -2.35. The number of anilines is 2. The van der Waals surface area contributed by atoms with Crippen LogP contribution in [0.1, 0.15) is 77.8 Å². The highest BCUT2D eigenvalue weighted by Gasteiger charge is 2.47. The third-order valence-electron chi connectivity index (χ3n) is 7.52. The van der Waals surface area contributed by atoms with Gasteiger partial charge in [-0.2, -0.15) is 23.5 Å². The van der Waals surface area contributed by atoms with Crippen LogP contribution in [-0.4, -0.2) is 21.9 Å². The molecule has 0 saturated carbocycles. The van der Waals surface area contributed by atoms with Crippen LogP contribution in [0.2, 0.25) is 0 Å². The zero-order valence-corrected chi connectivity index (χ0v) is 23.5. The van der Waals surface area contributed by atoms with Crippen molar-refractivity contribution >= 4 is 44.0 Å². The summed E-state index contributed by atoms with van der Waals surface area (Å²) < 4.78 is 43.8. The summed E-state index contributed by atoms with van der Waals surface area (Å²) in [6.45, 7) is 6.61. The van der Waals surface area contributed by atoms with Crippen LogP contribution in [0.25, 0.3) is 0 Å². The van der Waals surface area contributed by atoms with Gasteiger partial charge >= 0.3 is 6.18 Å². The predicted octanol–water partition coefficient (Wildman–Crippen LogP) is 7.64. The molecular formula is C27H27BrF3N5OS. The van der Waals surface area contributed by atoms with Crippen LogP contribution >= 0.6 is 27.3 Å². The number of nitrogens with zero attached hydrogens (tertiary/aromatic N) is 3. The maximum absolute atomic E-state index is 14.0. The van der Waals surface area contributed by atoms with E-state index in [9.17, 15) is 23.2 Å². The predicted molar refractivity (Wildman–Crippen MR) is 144 cm³/mol. The molecule has 3 aromatic rings. The molecule has 2 N–H and O–H groups in total. The van der Waals surface area contributed by atoms with Gasteiger partial charge in [0.05, 0.1) is 11.6 Å². The second kappa shape index (κ2) is 9.72. The number of hydrogen-bond donors (Lipinski definition) is 2. The SMILES string of the molecule is CC(C)(C)[C@H]1CCc2c(sc(NC(=O)c3cc4n(n3)[C@H](C(F)(F)F)C[C@H](c3ccc(Br)cc3)N4)c2C#N)C1. The Kier molecular flexibility index (Phi) is 6.84. The van der Waals surface area contributed by atoms with Crippen molar-refractivity contribution in [2.45, 2.75) is 64.7 Å². The first-order valence-electron chi connectivity index (χ1n) is 12.4. The number of halogens is 4. The number of thiophene rings is 1. The quantitative estimate of drug-likeness (QED) is 0.321. The van der Waals surface area contributed by atoms with E-state index in [1.807, 2.05) is 0 Å². The maximum atomic E-state index is 14.0. The first kappa shape index (κ1) is 26.8. The monoisotopic (exact) mass is 605 g/mol. The lowest BCUT2D eigenvalue weighted by atomic mass is 9.72. The van der Waals surface area contributed by atoms with Gasteiger partial charge in [-0.1, -0.05) is 48.8 Å². The van der Waals surface area contributed by atoms with E-state index < -0.39 is 24.2 Å². The minimum Gasteiger partial charge on any atom is -0.363 e. The van der Waals surface area contributed by atoms with Crippen molar-refractivity contribution in [3.8, 4) is 6.07 Å². The first-order chi connectivity index (χ1) is 17.8. The number of amides is 1. The first-order valence-corrected chi connectivity index (χ1v) is 14.0. The number of nitriles is 1. The Labute approximate surface area is 231 Å². The molecule has 1 aliphatic heterocycles. The van der Waals surface area contributed by atoms with E-state index in [2.05, 4.69) is 58.5 Å². The number of rotatable bonds is 3. The molecule has 0 saturated heterocycles. The van der Waals surface area contributed by atoms with Gasteiger partial charge in [-0.15, -0.1) is 11.3 Å². The number of nitrogens with one attached hydrogen (secondary N) is 2. The Morgan fingerprint density at radius 2 is 1.97 bits per heavy atom. The molecule has 1 amide bonds. The van der Waals surface area contributed by atoms with E-state index in [4.69, 9.17) is 0 Å². The Morgan fingerprint density at radius 1 is 1.26 bits per heavy atom. The van der Waals surface area contributed by atoms with Gasteiger partial charge in [0.15, 0.2) is 11.7 Å². The summed E-state index contributed by atoms with van der Waals surface area (Å²) in [7, 11) is 0. The topological polar surface area (TPSA) is 82.7 Å². The smallest absolute Gasteiger partial charge is 0.363 e. The molecule has 1 aromatic carbocycles. The average molecular weight is 607 g/mol. The van der Waals surface area contributed by atoms with E-state index in [1.165, 1.54) is 17.4 Å². The Bertz CT molecular complexity index is 1410. The summed E-state index contributed by atoms with van der Waals surface area (Å²) in [5.41, 5.74) is 2.10. The summed E-state index contributed by atoms with van der Waals surface area (Å²) >= 11 is 4.73. The number of fused-ring (bicyclic) bond motifs is 2. The number of alkyl halides is 3. The van der Waals surface area contributed by atoms with E-state index >= 15 is 0 Å². The Morgan fingerprint density at radius 3 is 2.61 bits per heavy atom. The van der Waals surface area contributed by atoms with Crippen molar-refractivity contribution < 1.29 is 18.0 Å². The van der Waals surface area contributed by atoms with Crippen molar-refractivity contribution in [2.24, 2.45) is 11.3 Å². The molecule has 1 aliphatic carbocycles. The van der Waals surface area contributed by atoms with E-state index in [0.29, 0.717) is 22.0 Å². The zero-order chi connectivity index (χ0) is 27.4. The van der Waals surface area contributed by atoms with Crippen LogP contribution in [0.4, 0.5) is 24.0 Å². The molecule has 0 radical (unpaired) electrons. The second-order valence-corrected chi connectivity index (χ2v) is 13.0. The van der Waals surface area contributed by atoms with Crippen LogP contribution in [0.15, 0.2) is 34.8 Å². The van der Waals surface area contributed by atoms with E-state index in [1.54, 1.807) is 24.3 Å². The second-order valence-electron chi connectivity index (χ2n) is 11.0. The van der Waals surface area contributed by atoms with E-state index in [0.717, 1.165) is 38.9 Å². The molecule has 38 heavy (non-hydrogen) atoms. The third-order valence-corrected chi connectivity index (χ3v) is 9.22. The number of carbonyl (C=O) groups excluding carboxylic acids is 1. The van der Waals surface area contributed by atoms with Gasteiger partial charge in [0.2, 0.25) is 0 Å². The van der Waals surface area contributed by atoms with Crippen LogP contribution < -0.4 is 10.6 Å². The number of aromatic nitrogens is 2. The van der Waals surface area contributed by atoms with Crippen LogP contribution in [-0.2, 0) is 12.8 Å². The molecule has 2 aliphatic rings. The highest BCUT2D eigenvalue weighted by atomic mass is 79.9. The van der Waals surface area contributed by atoms with E-state index in [-0.39, 0.29) is 23.3 Å². The molecule has 5 rings (SSSR count). The molecule has 200 valence electrons. The van der Waals surface area contributed by atoms with Crippen LogP contribution in [0.5, 0.6) is 0 Å². The normalized spacial score (nSPS) is 21.2. The van der Waals surface area contributed by atoms with Crippen molar-refractivity contribution in [1.29, 1.82) is 5.26 Å². The fraction of sp³-hybridized carbons (Fsp3) is 0.444. The van der Waals surface area contributed by atoms with Crippen molar-refractivity contribution in [2.75, 3.05) is 10.6 Å². The van der Waals surface area contributed by atoms with Crippen molar-refractivity contribution in [3.63, 3.8) is 0 Å². The molecule has 0 unspecified atom stereocenters.